The molecule has 1 aromatic carbocycles. The monoisotopic (exact) mass is 497 g/mol. The van der Waals surface area contributed by atoms with E-state index in [0.29, 0.717) is 30.8 Å². The summed E-state index contributed by atoms with van der Waals surface area (Å²) in [6, 6.07) is 5.65. The van der Waals surface area contributed by atoms with E-state index in [2.05, 4.69) is 46.4 Å². The van der Waals surface area contributed by atoms with Crippen LogP contribution in [-0.4, -0.2) is 70.2 Å². The zero-order chi connectivity index (χ0) is 26.1. The molecule has 7 nitrogen and oxygen atoms in total. The number of hydrogen-bond donors (Lipinski definition) is 0. The second kappa shape index (κ2) is 13.3. The van der Waals surface area contributed by atoms with Crippen LogP contribution in [0.4, 0.5) is 5.69 Å². The maximum absolute atomic E-state index is 13.3. The van der Waals surface area contributed by atoms with Gasteiger partial charge in [-0.2, -0.15) is 8.42 Å². The lowest BCUT2D eigenvalue weighted by Gasteiger charge is -2.29. The van der Waals surface area contributed by atoms with Gasteiger partial charge in [-0.25, -0.2) is 0 Å². The van der Waals surface area contributed by atoms with Crippen molar-refractivity contribution in [1.29, 1.82) is 0 Å². The molecule has 0 radical (unpaired) electrons. The first-order valence-electron chi connectivity index (χ1n) is 12.4. The fraction of sp³-hybridized carbons (Fsp3) is 0.731. The molecule has 1 amide bonds. The van der Waals surface area contributed by atoms with Crippen molar-refractivity contribution in [3.63, 3.8) is 0 Å². The van der Waals surface area contributed by atoms with E-state index in [1.54, 1.807) is 13.0 Å². The lowest BCUT2D eigenvalue weighted by molar-refractivity contribution is -0.133. The van der Waals surface area contributed by atoms with Crippen LogP contribution in [-0.2, 0) is 21.5 Å². The molecule has 1 aromatic rings. The molecule has 0 saturated carbocycles. The minimum absolute atomic E-state index is 0.0794. The molecule has 0 aromatic heterocycles. The summed E-state index contributed by atoms with van der Waals surface area (Å²) in [5.41, 5.74) is 1.76. The molecule has 0 aliphatic heterocycles. The molecule has 0 unspecified atom stereocenters. The molecule has 0 aliphatic rings. The van der Waals surface area contributed by atoms with Crippen LogP contribution in [0, 0.1) is 11.3 Å². The Labute approximate surface area is 208 Å². The summed E-state index contributed by atoms with van der Waals surface area (Å²) in [6.07, 6.45) is 1.42. The van der Waals surface area contributed by atoms with Gasteiger partial charge in [-0.1, -0.05) is 33.8 Å². The number of carbonyl (C=O) groups excluding carboxylic acids is 1. The lowest BCUT2D eigenvalue weighted by atomic mass is 9.84. The van der Waals surface area contributed by atoms with E-state index in [-0.39, 0.29) is 23.0 Å². The van der Waals surface area contributed by atoms with Crippen molar-refractivity contribution in [3.05, 3.63) is 23.8 Å². The molecule has 0 fully saturated rings. The molecule has 0 heterocycles. The van der Waals surface area contributed by atoms with E-state index in [1.165, 1.54) is 0 Å². The molecule has 0 aliphatic carbocycles. The quantitative estimate of drug-likeness (QED) is 0.350. The smallest absolute Gasteiger partial charge is 0.308 e. The van der Waals surface area contributed by atoms with Gasteiger partial charge in [0, 0.05) is 56.5 Å². The second-order valence-electron chi connectivity index (χ2n) is 10.6. The van der Waals surface area contributed by atoms with E-state index in [4.69, 9.17) is 4.18 Å². The SMILES string of the molecule is CCN(CC)c1ccc(CN(CCN(C)C)C(=O)C[C@H](C)CC(C)(C)C)c(OS(=O)(=O)CC)c1. The van der Waals surface area contributed by atoms with E-state index in [9.17, 15) is 13.2 Å². The lowest BCUT2D eigenvalue weighted by Crippen LogP contribution is -2.37. The number of benzene rings is 1. The number of likely N-dealkylation sites (N-methyl/N-ethyl adjacent to an activating group) is 1. The van der Waals surface area contributed by atoms with Crippen LogP contribution in [0.3, 0.4) is 0 Å². The first kappa shape index (κ1) is 30.2. The number of amides is 1. The third kappa shape index (κ3) is 10.6. The van der Waals surface area contributed by atoms with Crippen LogP contribution < -0.4 is 9.08 Å². The normalized spacial score (nSPS) is 13.1. The molecular weight excluding hydrogens is 450 g/mol. The number of nitrogens with zero attached hydrogens (tertiary/aromatic N) is 3. The van der Waals surface area contributed by atoms with Crippen LogP contribution in [0.5, 0.6) is 5.75 Å². The number of anilines is 1. The largest absolute Gasteiger partial charge is 0.382 e. The number of hydrogen-bond acceptors (Lipinski definition) is 6. The van der Waals surface area contributed by atoms with Crippen molar-refractivity contribution < 1.29 is 17.4 Å². The highest BCUT2D eigenvalue weighted by molar-refractivity contribution is 7.87. The van der Waals surface area contributed by atoms with E-state index in [0.717, 1.165) is 31.7 Å². The van der Waals surface area contributed by atoms with E-state index < -0.39 is 10.1 Å². The summed E-state index contributed by atoms with van der Waals surface area (Å²) >= 11 is 0. The Morgan fingerprint density at radius 2 is 1.68 bits per heavy atom. The van der Waals surface area contributed by atoms with Crippen LogP contribution in [0.25, 0.3) is 0 Å². The summed E-state index contributed by atoms with van der Waals surface area (Å²) in [5.74, 6) is 0.526. The molecule has 1 atom stereocenters. The predicted octanol–water partition coefficient (Wildman–Crippen LogP) is 4.61. The third-order valence-electron chi connectivity index (χ3n) is 5.76. The Balaban J connectivity index is 3.28. The van der Waals surface area contributed by atoms with Gasteiger partial charge in [-0.15, -0.1) is 0 Å². The first-order chi connectivity index (χ1) is 15.7. The van der Waals surface area contributed by atoms with Crippen LogP contribution in [0.1, 0.15) is 66.9 Å². The van der Waals surface area contributed by atoms with Crippen LogP contribution in [0.15, 0.2) is 18.2 Å². The van der Waals surface area contributed by atoms with Crippen molar-refractivity contribution in [2.45, 2.75) is 67.9 Å². The summed E-state index contributed by atoms with van der Waals surface area (Å²) < 4.78 is 30.2. The number of carbonyl (C=O) groups is 1. The Bertz CT molecular complexity index is 875. The van der Waals surface area contributed by atoms with Gasteiger partial charge in [-0.3, -0.25) is 4.79 Å². The topological polar surface area (TPSA) is 70.2 Å². The second-order valence-corrected chi connectivity index (χ2v) is 12.4. The number of rotatable bonds is 14. The zero-order valence-corrected chi connectivity index (χ0v) is 23.7. The first-order valence-corrected chi connectivity index (χ1v) is 14.0. The molecule has 34 heavy (non-hydrogen) atoms. The van der Waals surface area contributed by atoms with Crippen molar-refractivity contribution in [1.82, 2.24) is 9.80 Å². The van der Waals surface area contributed by atoms with Crippen molar-refractivity contribution in [3.8, 4) is 5.75 Å². The van der Waals surface area contributed by atoms with Gasteiger partial charge in [0.15, 0.2) is 0 Å². The maximum Gasteiger partial charge on any atom is 0.308 e. The van der Waals surface area contributed by atoms with Crippen LogP contribution in [0.2, 0.25) is 0 Å². The Morgan fingerprint density at radius 1 is 1.06 bits per heavy atom. The minimum atomic E-state index is -3.70. The van der Waals surface area contributed by atoms with Gasteiger partial charge in [0.25, 0.3) is 0 Å². The summed E-state index contributed by atoms with van der Waals surface area (Å²) in [4.78, 5) is 19.3. The van der Waals surface area contributed by atoms with Crippen molar-refractivity contribution in [2.75, 3.05) is 50.9 Å². The molecule has 0 N–H and O–H groups in total. The minimum Gasteiger partial charge on any atom is -0.382 e. The molecular formula is C26H47N3O4S. The molecule has 0 spiro atoms. The van der Waals surface area contributed by atoms with Gasteiger partial charge in [0.05, 0.1) is 5.75 Å². The Morgan fingerprint density at radius 3 is 2.18 bits per heavy atom. The van der Waals surface area contributed by atoms with Gasteiger partial charge < -0.3 is 18.9 Å². The maximum atomic E-state index is 13.3. The fourth-order valence-electron chi connectivity index (χ4n) is 4.10. The van der Waals surface area contributed by atoms with E-state index >= 15 is 0 Å². The Hall–Kier alpha value is -1.80. The molecule has 1 rings (SSSR count). The fourth-order valence-corrected chi connectivity index (χ4v) is 4.64. The Kier molecular flexibility index (Phi) is 11.9. The van der Waals surface area contributed by atoms with Gasteiger partial charge in [0.1, 0.15) is 5.75 Å². The standard InChI is InChI=1S/C26H47N3O4S/c1-10-28(11-2)23-14-13-22(24(18-23)33-34(31,32)12-3)20-29(16-15-27(8)9)25(30)17-21(4)19-26(5,6)7/h13-14,18,21H,10-12,15-17,19-20H2,1-9H3/t21-/m0/s1. The van der Waals surface area contributed by atoms with Gasteiger partial charge >= 0.3 is 10.1 Å². The van der Waals surface area contributed by atoms with Crippen molar-refractivity contribution >= 4 is 21.7 Å². The van der Waals surface area contributed by atoms with E-state index in [1.807, 2.05) is 36.0 Å². The summed E-state index contributed by atoms with van der Waals surface area (Å²) in [5, 5.41) is 0. The highest BCUT2D eigenvalue weighted by atomic mass is 32.2. The highest BCUT2D eigenvalue weighted by Crippen LogP contribution is 2.30. The van der Waals surface area contributed by atoms with Gasteiger partial charge in [0.2, 0.25) is 5.91 Å². The highest BCUT2D eigenvalue weighted by Gasteiger charge is 2.23. The van der Waals surface area contributed by atoms with Crippen LogP contribution >= 0.6 is 0 Å². The van der Waals surface area contributed by atoms with Gasteiger partial charge in [-0.05, 0) is 58.7 Å². The molecule has 196 valence electrons. The molecule has 0 saturated heterocycles. The zero-order valence-electron chi connectivity index (χ0n) is 22.8. The summed E-state index contributed by atoms with van der Waals surface area (Å²) in [6.45, 7) is 17.6. The van der Waals surface area contributed by atoms with Crippen molar-refractivity contribution in [2.24, 2.45) is 11.3 Å². The average molecular weight is 498 g/mol. The average Bonchev–Trinajstić information content (AvgIpc) is 2.71. The summed E-state index contributed by atoms with van der Waals surface area (Å²) in [7, 11) is 0.254. The molecule has 0 bridgehead atoms. The predicted molar refractivity (Wildman–Crippen MR) is 142 cm³/mol. The third-order valence-corrected chi connectivity index (χ3v) is 6.91. The molecule has 8 heteroatoms.